The minimum absolute atomic E-state index is 0. The molecule has 0 fully saturated rings. The highest BCUT2D eigenvalue weighted by molar-refractivity contribution is 6.92. The SMILES string of the molecule is CN(C)c1ccncc1.P. The third kappa shape index (κ3) is 2.32. The normalized spacial score (nSPS) is 8.20. The van der Waals surface area contributed by atoms with Crippen molar-refractivity contribution in [1.29, 1.82) is 0 Å². The van der Waals surface area contributed by atoms with Crippen molar-refractivity contribution in [1.82, 2.24) is 4.98 Å². The first-order valence-electron chi connectivity index (χ1n) is 2.88. The lowest BCUT2D eigenvalue weighted by molar-refractivity contribution is 1.12. The third-order valence-corrected chi connectivity index (χ3v) is 1.18. The Morgan fingerprint density at radius 2 is 1.70 bits per heavy atom. The number of hydrogen-bond donors (Lipinski definition) is 0. The van der Waals surface area contributed by atoms with Crippen LogP contribution in [0.25, 0.3) is 0 Å². The summed E-state index contributed by atoms with van der Waals surface area (Å²) in [6.45, 7) is 0. The second-order valence-electron chi connectivity index (χ2n) is 2.10. The predicted molar refractivity (Wildman–Crippen MR) is 49.7 cm³/mol. The van der Waals surface area contributed by atoms with Gasteiger partial charge >= 0.3 is 0 Å². The van der Waals surface area contributed by atoms with E-state index in [2.05, 4.69) is 4.98 Å². The number of hydrogen-bond acceptors (Lipinski definition) is 2. The third-order valence-electron chi connectivity index (χ3n) is 1.18. The Kier molecular flexibility index (Phi) is 3.97. The number of aromatic nitrogens is 1. The molecule has 1 rings (SSSR count). The van der Waals surface area contributed by atoms with Crippen molar-refractivity contribution in [2.75, 3.05) is 19.0 Å². The molecule has 2 nitrogen and oxygen atoms in total. The molecule has 0 aliphatic carbocycles. The van der Waals surface area contributed by atoms with Crippen LogP contribution in [-0.4, -0.2) is 19.1 Å². The molecule has 0 N–H and O–H groups in total. The largest absolute Gasteiger partial charge is 0.378 e. The quantitative estimate of drug-likeness (QED) is 0.568. The van der Waals surface area contributed by atoms with Crippen LogP contribution in [0.5, 0.6) is 0 Å². The lowest BCUT2D eigenvalue weighted by Gasteiger charge is -2.10. The lowest BCUT2D eigenvalue weighted by atomic mass is 10.4. The Hall–Kier alpha value is -0.620. The van der Waals surface area contributed by atoms with Gasteiger partial charge in [0.2, 0.25) is 0 Å². The predicted octanol–water partition coefficient (Wildman–Crippen LogP) is 1.21. The van der Waals surface area contributed by atoms with E-state index in [4.69, 9.17) is 0 Å². The molecular formula is C7H13N2P. The van der Waals surface area contributed by atoms with Gasteiger partial charge in [0.25, 0.3) is 0 Å². The summed E-state index contributed by atoms with van der Waals surface area (Å²) in [6.07, 6.45) is 3.57. The van der Waals surface area contributed by atoms with Crippen molar-refractivity contribution in [3.05, 3.63) is 24.5 Å². The van der Waals surface area contributed by atoms with E-state index in [0.717, 1.165) is 0 Å². The van der Waals surface area contributed by atoms with Gasteiger partial charge < -0.3 is 4.90 Å². The maximum absolute atomic E-state index is 3.90. The highest BCUT2D eigenvalue weighted by Gasteiger charge is 1.88. The molecule has 1 atom stereocenters. The van der Waals surface area contributed by atoms with Crippen molar-refractivity contribution in [2.45, 2.75) is 0 Å². The standard InChI is InChI=1S/C7H10N2.H3P/c1-9(2)7-3-5-8-6-4-7;/h3-6H,1-2H3;1H3. The molecule has 0 aliphatic heterocycles. The van der Waals surface area contributed by atoms with Gasteiger partial charge in [-0.3, -0.25) is 4.98 Å². The summed E-state index contributed by atoms with van der Waals surface area (Å²) in [5.41, 5.74) is 1.19. The molecule has 0 bridgehead atoms. The summed E-state index contributed by atoms with van der Waals surface area (Å²) < 4.78 is 0. The van der Waals surface area contributed by atoms with Crippen LogP contribution >= 0.6 is 9.90 Å². The molecular weight excluding hydrogens is 143 g/mol. The van der Waals surface area contributed by atoms with Gasteiger partial charge in [0, 0.05) is 32.2 Å². The van der Waals surface area contributed by atoms with E-state index in [0.29, 0.717) is 0 Å². The summed E-state index contributed by atoms with van der Waals surface area (Å²) in [5.74, 6) is 0. The number of nitrogens with zero attached hydrogens (tertiary/aromatic N) is 2. The second kappa shape index (κ2) is 4.24. The van der Waals surface area contributed by atoms with Crippen LogP contribution < -0.4 is 4.90 Å². The molecule has 0 spiro atoms. The van der Waals surface area contributed by atoms with Crippen LogP contribution in [0.4, 0.5) is 5.69 Å². The zero-order valence-corrected chi connectivity index (χ0v) is 7.83. The zero-order valence-electron chi connectivity index (χ0n) is 6.41. The highest BCUT2D eigenvalue weighted by Crippen LogP contribution is 2.05. The van der Waals surface area contributed by atoms with E-state index in [1.807, 2.05) is 31.1 Å². The fourth-order valence-electron chi connectivity index (χ4n) is 0.642. The van der Waals surface area contributed by atoms with Gasteiger partial charge in [-0.1, -0.05) is 0 Å². The smallest absolute Gasteiger partial charge is 0.0391 e. The molecule has 0 amide bonds. The topological polar surface area (TPSA) is 16.1 Å². The van der Waals surface area contributed by atoms with Crippen LogP contribution in [0.2, 0.25) is 0 Å². The fraction of sp³-hybridized carbons (Fsp3) is 0.286. The Morgan fingerprint density at radius 3 is 2.00 bits per heavy atom. The molecule has 1 unspecified atom stereocenters. The van der Waals surface area contributed by atoms with Crippen LogP contribution in [0.1, 0.15) is 0 Å². The number of rotatable bonds is 1. The first kappa shape index (κ1) is 9.38. The molecule has 0 aromatic carbocycles. The zero-order chi connectivity index (χ0) is 6.69. The average molecular weight is 156 g/mol. The van der Waals surface area contributed by atoms with Crippen molar-refractivity contribution in [3.63, 3.8) is 0 Å². The van der Waals surface area contributed by atoms with Gasteiger partial charge in [0.15, 0.2) is 0 Å². The van der Waals surface area contributed by atoms with Crippen molar-refractivity contribution in [3.8, 4) is 0 Å². The second-order valence-corrected chi connectivity index (χ2v) is 2.10. The van der Waals surface area contributed by atoms with Crippen molar-refractivity contribution in [2.24, 2.45) is 0 Å². The van der Waals surface area contributed by atoms with E-state index in [9.17, 15) is 0 Å². The Labute approximate surface area is 64.9 Å². The molecule has 0 aliphatic rings. The lowest BCUT2D eigenvalue weighted by Crippen LogP contribution is -2.07. The van der Waals surface area contributed by atoms with E-state index >= 15 is 0 Å². The summed E-state index contributed by atoms with van der Waals surface area (Å²) in [6, 6.07) is 3.94. The maximum atomic E-state index is 3.90. The first-order valence-corrected chi connectivity index (χ1v) is 2.88. The molecule has 1 aromatic heterocycles. The summed E-state index contributed by atoms with van der Waals surface area (Å²) in [7, 11) is 4.02. The molecule has 3 heteroatoms. The van der Waals surface area contributed by atoms with E-state index in [1.165, 1.54) is 5.69 Å². The molecule has 1 heterocycles. The molecule has 56 valence electrons. The first-order chi connectivity index (χ1) is 4.30. The Balaban J connectivity index is 0.000000810. The van der Waals surface area contributed by atoms with Crippen molar-refractivity contribution < 1.29 is 0 Å². The molecule has 0 saturated heterocycles. The van der Waals surface area contributed by atoms with Gasteiger partial charge in [0.05, 0.1) is 0 Å². The van der Waals surface area contributed by atoms with E-state index < -0.39 is 0 Å². The number of anilines is 1. The van der Waals surface area contributed by atoms with Gasteiger partial charge in [0.1, 0.15) is 0 Å². The van der Waals surface area contributed by atoms with Crippen LogP contribution in [0.3, 0.4) is 0 Å². The minimum atomic E-state index is 0. The molecule has 0 saturated carbocycles. The summed E-state index contributed by atoms with van der Waals surface area (Å²) in [4.78, 5) is 5.94. The molecule has 1 aromatic rings. The van der Waals surface area contributed by atoms with Gasteiger partial charge in [-0.2, -0.15) is 9.90 Å². The minimum Gasteiger partial charge on any atom is -0.378 e. The Morgan fingerprint density at radius 1 is 1.20 bits per heavy atom. The maximum Gasteiger partial charge on any atom is 0.0391 e. The van der Waals surface area contributed by atoms with Gasteiger partial charge in [-0.15, -0.1) is 0 Å². The van der Waals surface area contributed by atoms with Gasteiger partial charge in [-0.05, 0) is 12.1 Å². The van der Waals surface area contributed by atoms with Gasteiger partial charge in [-0.25, -0.2) is 0 Å². The monoisotopic (exact) mass is 156 g/mol. The Bertz CT molecular complexity index is 174. The van der Waals surface area contributed by atoms with Crippen LogP contribution in [0, 0.1) is 0 Å². The molecule has 0 radical (unpaired) electrons. The highest BCUT2D eigenvalue weighted by atomic mass is 31.0. The summed E-state index contributed by atoms with van der Waals surface area (Å²) >= 11 is 0. The van der Waals surface area contributed by atoms with E-state index in [1.54, 1.807) is 12.4 Å². The fourth-order valence-corrected chi connectivity index (χ4v) is 0.642. The summed E-state index contributed by atoms with van der Waals surface area (Å²) in [5, 5.41) is 0. The van der Waals surface area contributed by atoms with Crippen LogP contribution in [0.15, 0.2) is 24.5 Å². The number of pyridine rings is 1. The van der Waals surface area contributed by atoms with E-state index in [-0.39, 0.29) is 9.90 Å². The van der Waals surface area contributed by atoms with Crippen molar-refractivity contribution >= 4 is 15.6 Å². The van der Waals surface area contributed by atoms with Crippen LogP contribution in [-0.2, 0) is 0 Å². The molecule has 10 heavy (non-hydrogen) atoms. The average Bonchev–Trinajstić information content (AvgIpc) is 1.90.